The number of carbonyl (C=O) groups excluding carboxylic acids is 1. The van der Waals surface area contributed by atoms with E-state index in [1.165, 1.54) is 6.92 Å². The van der Waals surface area contributed by atoms with Gasteiger partial charge in [0, 0.05) is 6.42 Å². The van der Waals surface area contributed by atoms with E-state index in [9.17, 15) is 9.59 Å². The van der Waals surface area contributed by atoms with Crippen LogP contribution in [0.15, 0.2) is 30.3 Å². The number of esters is 1. The van der Waals surface area contributed by atoms with E-state index < -0.39 is 17.9 Å². The number of benzene rings is 1. The summed E-state index contributed by atoms with van der Waals surface area (Å²) in [6.45, 7) is 1.53. The van der Waals surface area contributed by atoms with Crippen LogP contribution in [0.25, 0.3) is 0 Å². The fraction of sp³-hybridized carbons (Fsp3) is 0.308. The molecule has 1 rings (SSSR count). The van der Waals surface area contributed by atoms with Gasteiger partial charge in [-0.3, -0.25) is 10.2 Å². The highest BCUT2D eigenvalue weighted by atomic mass is 16.5. The van der Waals surface area contributed by atoms with E-state index in [1.54, 1.807) is 12.1 Å². The highest BCUT2D eigenvalue weighted by Gasteiger charge is 2.19. The first-order valence-corrected chi connectivity index (χ1v) is 5.52. The lowest BCUT2D eigenvalue weighted by Gasteiger charge is -2.08. The van der Waals surface area contributed by atoms with Crippen LogP contribution in [-0.2, 0) is 20.9 Å². The first kappa shape index (κ1) is 13.9. The van der Waals surface area contributed by atoms with Crippen molar-refractivity contribution in [1.29, 1.82) is 5.41 Å². The summed E-state index contributed by atoms with van der Waals surface area (Å²) in [6.07, 6.45) is -0.122. The molecule has 1 aromatic carbocycles. The van der Waals surface area contributed by atoms with Gasteiger partial charge in [0.2, 0.25) is 0 Å². The van der Waals surface area contributed by atoms with Crippen molar-refractivity contribution in [2.45, 2.75) is 20.0 Å². The third-order valence-electron chi connectivity index (χ3n) is 2.39. The Morgan fingerprint density at radius 2 is 1.94 bits per heavy atom. The van der Waals surface area contributed by atoms with E-state index in [0.717, 1.165) is 5.56 Å². The van der Waals surface area contributed by atoms with E-state index in [1.807, 2.05) is 18.2 Å². The maximum absolute atomic E-state index is 11.4. The van der Waals surface area contributed by atoms with Gasteiger partial charge in [-0.1, -0.05) is 37.3 Å². The number of rotatable bonds is 6. The first-order chi connectivity index (χ1) is 8.50. The highest BCUT2D eigenvalue weighted by molar-refractivity contribution is 6.35. The molecule has 18 heavy (non-hydrogen) atoms. The second kappa shape index (κ2) is 6.54. The SMILES string of the molecule is CC(CC(=N)C(=O)OCc1ccccc1)C(=O)O. The van der Waals surface area contributed by atoms with E-state index in [4.69, 9.17) is 15.3 Å². The Kier molecular flexibility index (Phi) is 5.05. The number of aliphatic carboxylic acids is 1. The van der Waals surface area contributed by atoms with Crippen LogP contribution in [0.2, 0.25) is 0 Å². The van der Waals surface area contributed by atoms with Crippen LogP contribution in [0, 0.1) is 11.3 Å². The molecule has 0 fully saturated rings. The van der Waals surface area contributed by atoms with Gasteiger partial charge in [0.25, 0.3) is 0 Å². The minimum atomic E-state index is -1.03. The summed E-state index contributed by atoms with van der Waals surface area (Å²) in [6, 6.07) is 9.09. The molecule has 5 heteroatoms. The molecule has 1 aromatic rings. The monoisotopic (exact) mass is 249 g/mol. The van der Waals surface area contributed by atoms with Crippen molar-refractivity contribution in [3.63, 3.8) is 0 Å². The molecule has 0 heterocycles. The minimum absolute atomic E-state index is 0.0868. The van der Waals surface area contributed by atoms with Crippen molar-refractivity contribution in [2.75, 3.05) is 0 Å². The van der Waals surface area contributed by atoms with Crippen LogP contribution in [0.4, 0.5) is 0 Å². The fourth-order valence-corrected chi connectivity index (χ4v) is 1.29. The Labute approximate surface area is 105 Å². The number of carbonyl (C=O) groups is 2. The predicted molar refractivity (Wildman–Crippen MR) is 65.4 cm³/mol. The van der Waals surface area contributed by atoms with Gasteiger partial charge in [0.15, 0.2) is 0 Å². The summed E-state index contributed by atoms with van der Waals surface area (Å²) in [4.78, 5) is 22.0. The second-order valence-electron chi connectivity index (χ2n) is 3.98. The van der Waals surface area contributed by atoms with Crippen LogP contribution in [0.5, 0.6) is 0 Å². The Hall–Kier alpha value is -2.17. The second-order valence-corrected chi connectivity index (χ2v) is 3.98. The van der Waals surface area contributed by atoms with Crippen molar-refractivity contribution < 1.29 is 19.4 Å². The number of ether oxygens (including phenoxy) is 1. The molecule has 5 nitrogen and oxygen atoms in total. The molecule has 0 aliphatic carbocycles. The lowest BCUT2D eigenvalue weighted by molar-refractivity contribution is -0.140. The zero-order chi connectivity index (χ0) is 13.5. The van der Waals surface area contributed by atoms with Crippen LogP contribution in [0.1, 0.15) is 18.9 Å². The number of carboxylic acids is 1. The molecule has 96 valence electrons. The topological polar surface area (TPSA) is 87.5 Å². The molecule has 0 amide bonds. The van der Waals surface area contributed by atoms with Crippen molar-refractivity contribution in [1.82, 2.24) is 0 Å². The molecule has 2 N–H and O–H groups in total. The van der Waals surface area contributed by atoms with Crippen LogP contribution >= 0.6 is 0 Å². The third kappa shape index (κ3) is 4.37. The molecule has 0 aliphatic rings. The highest BCUT2D eigenvalue weighted by Crippen LogP contribution is 2.06. The van der Waals surface area contributed by atoms with E-state index in [0.29, 0.717) is 0 Å². The molecule has 1 unspecified atom stereocenters. The van der Waals surface area contributed by atoms with Gasteiger partial charge in [0.1, 0.15) is 12.3 Å². The summed E-state index contributed by atoms with van der Waals surface area (Å²) in [5.41, 5.74) is 0.505. The van der Waals surface area contributed by atoms with Gasteiger partial charge in [0.05, 0.1) is 5.92 Å². The van der Waals surface area contributed by atoms with Gasteiger partial charge >= 0.3 is 11.9 Å². The van der Waals surface area contributed by atoms with Crippen LogP contribution in [-0.4, -0.2) is 22.8 Å². The quantitative estimate of drug-likeness (QED) is 0.595. The van der Waals surface area contributed by atoms with Gasteiger partial charge in [-0.15, -0.1) is 0 Å². The number of nitrogens with one attached hydrogen (secondary N) is 1. The standard InChI is InChI=1S/C13H15NO4/c1-9(12(15)16)7-11(14)13(17)18-8-10-5-3-2-4-6-10/h2-6,9,14H,7-8H2,1H3,(H,15,16). The molecular weight excluding hydrogens is 234 g/mol. The predicted octanol–water partition coefficient (Wildman–Crippen LogP) is 1.86. The maximum Gasteiger partial charge on any atom is 0.352 e. The summed E-state index contributed by atoms with van der Waals surface area (Å²) in [5.74, 6) is -2.57. The lowest BCUT2D eigenvalue weighted by Crippen LogP contribution is -2.22. The molecule has 0 aromatic heterocycles. The Morgan fingerprint density at radius 1 is 1.33 bits per heavy atom. The molecule has 0 saturated carbocycles. The molecule has 1 atom stereocenters. The summed E-state index contributed by atoms with van der Waals surface area (Å²) in [5, 5.41) is 16.1. The Bertz CT molecular complexity index is 442. The van der Waals surface area contributed by atoms with Gasteiger partial charge in [-0.25, -0.2) is 4.79 Å². The summed E-state index contributed by atoms with van der Waals surface area (Å²) in [7, 11) is 0. The molecule has 0 spiro atoms. The average Bonchev–Trinajstić information content (AvgIpc) is 2.36. The normalized spacial score (nSPS) is 11.6. The summed E-state index contributed by atoms with van der Waals surface area (Å²) < 4.78 is 4.91. The maximum atomic E-state index is 11.4. The zero-order valence-electron chi connectivity index (χ0n) is 10.1. The molecule has 0 saturated heterocycles. The summed E-state index contributed by atoms with van der Waals surface area (Å²) >= 11 is 0. The molecule has 0 bridgehead atoms. The van der Waals surface area contributed by atoms with Crippen LogP contribution in [0.3, 0.4) is 0 Å². The first-order valence-electron chi connectivity index (χ1n) is 5.52. The van der Waals surface area contributed by atoms with E-state index >= 15 is 0 Å². The fourth-order valence-electron chi connectivity index (χ4n) is 1.29. The Balaban J connectivity index is 2.41. The molecule has 0 radical (unpaired) electrons. The van der Waals surface area contributed by atoms with E-state index in [-0.39, 0.29) is 18.7 Å². The van der Waals surface area contributed by atoms with Crippen LogP contribution < -0.4 is 0 Å². The van der Waals surface area contributed by atoms with Crippen molar-refractivity contribution in [3.8, 4) is 0 Å². The number of hydrogen-bond acceptors (Lipinski definition) is 4. The van der Waals surface area contributed by atoms with Gasteiger partial charge < -0.3 is 9.84 Å². The van der Waals surface area contributed by atoms with Crippen molar-refractivity contribution in [2.24, 2.45) is 5.92 Å². The number of carboxylic acid groups (broad SMARTS) is 1. The largest absolute Gasteiger partial charge is 0.481 e. The van der Waals surface area contributed by atoms with Gasteiger partial charge in [-0.05, 0) is 5.56 Å². The average molecular weight is 249 g/mol. The lowest BCUT2D eigenvalue weighted by atomic mass is 10.1. The Morgan fingerprint density at radius 3 is 2.50 bits per heavy atom. The minimum Gasteiger partial charge on any atom is -0.481 e. The van der Waals surface area contributed by atoms with Gasteiger partial charge in [-0.2, -0.15) is 0 Å². The van der Waals surface area contributed by atoms with E-state index in [2.05, 4.69) is 0 Å². The molecule has 0 aliphatic heterocycles. The zero-order valence-corrected chi connectivity index (χ0v) is 10.1. The smallest absolute Gasteiger partial charge is 0.352 e. The van der Waals surface area contributed by atoms with Crippen molar-refractivity contribution >= 4 is 17.7 Å². The molecular formula is C13H15NO4. The number of hydrogen-bond donors (Lipinski definition) is 2. The third-order valence-corrected chi connectivity index (χ3v) is 2.39. The van der Waals surface area contributed by atoms with Crippen molar-refractivity contribution in [3.05, 3.63) is 35.9 Å².